The number of hydrogen-bond acceptors (Lipinski definition) is 5. The van der Waals surface area contributed by atoms with Crippen LogP contribution in [0.1, 0.15) is 26.7 Å². The molecule has 0 spiro atoms. The third-order valence-corrected chi connectivity index (χ3v) is 3.57. The maximum absolute atomic E-state index is 5.59. The van der Waals surface area contributed by atoms with Gasteiger partial charge in [-0.3, -0.25) is 0 Å². The first-order chi connectivity index (χ1) is 12.2. The van der Waals surface area contributed by atoms with Gasteiger partial charge in [-0.2, -0.15) is 26.9 Å². The van der Waals surface area contributed by atoms with Crippen LogP contribution in [0.4, 0.5) is 0 Å². The van der Waals surface area contributed by atoms with Gasteiger partial charge in [-0.15, -0.1) is 0 Å². The van der Waals surface area contributed by atoms with Crippen LogP contribution >= 0.6 is 0 Å². The van der Waals surface area contributed by atoms with Gasteiger partial charge in [0.2, 0.25) is 0 Å². The molecule has 1 rings (SSSR count). The molecule has 1 aliphatic heterocycles. The van der Waals surface area contributed by atoms with Gasteiger partial charge in [0.1, 0.15) is 0 Å². The molecule has 6 nitrogen and oxygen atoms in total. The fourth-order valence-corrected chi connectivity index (χ4v) is 2.30. The predicted octanol–water partition coefficient (Wildman–Crippen LogP) is 2.20. The van der Waals surface area contributed by atoms with Crippen LogP contribution in [0.2, 0.25) is 0 Å². The number of nitrogens with zero attached hydrogens (tertiary/aromatic N) is 2. The third-order valence-electron chi connectivity index (χ3n) is 3.57. The summed E-state index contributed by atoms with van der Waals surface area (Å²) in [5, 5.41) is 6.85. The quantitative estimate of drug-likeness (QED) is 0.352. The fourth-order valence-electron chi connectivity index (χ4n) is 2.30. The van der Waals surface area contributed by atoms with E-state index in [9.17, 15) is 0 Å². The van der Waals surface area contributed by atoms with Crippen LogP contribution in [0.5, 0.6) is 0 Å². The van der Waals surface area contributed by atoms with E-state index in [2.05, 4.69) is 35.8 Å². The summed E-state index contributed by atoms with van der Waals surface area (Å²) in [6, 6.07) is 0. The Hall–Kier alpha value is 0.344. The second kappa shape index (κ2) is 23.4. The average molecular weight is 410 g/mol. The van der Waals surface area contributed by atoms with Gasteiger partial charge in [0.15, 0.2) is 0 Å². The van der Waals surface area contributed by atoms with Crippen molar-refractivity contribution in [2.24, 2.45) is 5.92 Å². The zero-order chi connectivity index (χ0) is 18.6. The summed E-state index contributed by atoms with van der Waals surface area (Å²) in [6.07, 6.45) is 4.81. The van der Waals surface area contributed by atoms with Gasteiger partial charge in [0.25, 0.3) is 0 Å². The molecule has 0 aromatic rings. The summed E-state index contributed by atoms with van der Waals surface area (Å²) in [7, 11) is 3.50. The monoisotopic (exact) mass is 410 g/mol. The van der Waals surface area contributed by atoms with Crippen LogP contribution in [0.15, 0.2) is 0 Å². The first-order valence-corrected chi connectivity index (χ1v) is 9.66. The minimum absolute atomic E-state index is 0. The first-order valence-electron chi connectivity index (χ1n) is 9.66. The second-order valence-corrected chi connectivity index (χ2v) is 6.59. The molecular weight excluding hydrogens is 369 g/mol. The van der Waals surface area contributed by atoms with Crippen molar-refractivity contribution in [1.29, 1.82) is 0 Å². The van der Waals surface area contributed by atoms with Crippen LogP contribution in [0.3, 0.4) is 0 Å². The summed E-state index contributed by atoms with van der Waals surface area (Å²) >= 11 is 0. The molecule has 1 saturated heterocycles. The van der Waals surface area contributed by atoms with E-state index in [1.165, 1.54) is 25.9 Å². The Bertz CT molecular complexity index is 256. The number of nitrogens with one attached hydrogen (secondary N) is 1. The normalized spacial score (nSPS) is 14.7. The van der Waals surface area contributed by atoms with Gasteiger partial charge in [-0.05, 0) is 25.6 Å². The summed E-state index contributed by atoms with van der Waals surface area (Å²) in [5.74, 6) is 0.691. The smallest absolute Gasteiger partial charge is 0.668 e. The predicted molar refractivity (Wildman–Crippen MR) is 105 cm³/mol. The van der Waals surface area contributed by atoms with Crippen LogP contribution in [-0.4, -0.2) is 91.4 Å². The summed E-state index contributed by atoms with van der Waals surface area (Å²) in [5.41, 5.74) is 0. The molecule has 0 aromatic heterocycles. The van der Waals surface area contributed by atoms with Crippen molar-refractivity contribution in [3.8, 4) is 0 Å². The zero-order valence-corrected chi connectivity index (χ0v) is 18.8. The molecular formula is C19H41N3O3V. The Morgan fingerprint density at radius 2 is 1.42 bits per heavy atom. The molecule has 0 saturated carbocycles. The zero-order valence-electron chi connectivity index (χ0n) is 17.4. The summed E-state index contributed by atoms with van der Waals surface area (Å²) in [6.45, 7) is 14.0. The topological polar surface area (TPSA) is 57.1 Å². The van der Waals surface area contributed by atoms with Crippen molar-refractivity contribution >= 4 is 0 Å². The van der Waals surface area contributed by atoms with Crippen molar-refractivity contribution in [3.63, 3.8) is 0 Å². The van der Waals surface area contributed by atoms with Crippen molar-refractivity contribution in [2.45, 2.75) is 26.7 Å². The van der Waals surface area contributed by atoms with E-state index < -0.39 is 0 Å². The average Bonchev–Trinajstić information content (AvgIpc) is 2.60. The molecule has 155 valence electrons. The maximum atomic E-state index is 5.59. The Morgan fingerprint density at radius 3 is 1.96 bits per heavy atom. The Morgan fingerprint density at radius 1 is 0.923 bits per heavy atom. The molecule has 1 fully saturated rings. The molecule has 0 unspecified atom stereocenters. The van der Waals surface area contributed by atoms with Crippen LogP contribution in [-0.2, 0) is 32.8 Å². The molecule has 0 atom stereocenters. The van der Waals surface area contributed by atoms with E-state index in [1.807, 2.05) is 0 Å². The Labute approximate surface area is 174 Å². The number of likely N-dealkylation sites (tertiary alicyclic amines) is 1. The van der Waals surface area contributed by atoms with Gasteiger partial charge in [0, 0.05) is 13.1 Å². The van der Waals surface area contributed by atoms with Crippen LogP contribution in [0, 0.1) is 12.3 Å². The van der Waals surface area contributed by atoms with E-state index in [1.54, 1.807) is 14.1 Å². The number of hydrogen-bond donors (Lipinski definition) is 1. The third kappa shape index (κ3) is 22.4. The van der Waals surface area contributed by atoms with Crippen LogP contribution in [0.25, 0.3) is 5.32 Å². The van der Waals surface area contributed by atoms with E-state index in [4.69, 9.17) is 14.2 Å². The molecule has 0 aliphatic carbocycles. The van der Waals surface area contributed by atoms with Crippen molar-refractivity contribution in [1.82, 2.24) is 10.2 Å². The molecule has 1 aliphatic rings. The standard InChI is InChI=1S/C17H35N2O3.C2H6N.V/c1-17(2)16-18-6-10-20-12-14-22-15-13-21-11-9-19-7-4-3-5-8-19;1-3-2;/h3,17-18H,4-16H2,1-2H3;1-2H3;/q2*-1;+2. The number of piperidine rings is 1. The van der Waals surface area contributed by atoms with Gasteiger partial charge >= 0.3 is 18.6 Å². The number of ether oxygens (including phenoxy) is 3. The van der Waals surface area contributed by atoms with Crippen molar-refractivity contribution < 1.29 is 32.8 Å². The molecule has 0 aromatic carbocycles. The van der Waals surface area contributed by atoms with Gasteiger partial charge in [-0.25, -0.2) is 0 Å². The van der Waals surface area contributed by atoms with E-state index in [0.717, 1.165) is 32.8 Å². The molecule has 26 heavy (non-hydrogen) atoms. The Balaban J connectivity index is 0. The second-order valence-electron chi connectivity index (χ2n) is 6.59. The molecule has 1 heterocycles. The van der Waals surface area contributed by atoms with E-state index >= 15 is 0 Å². The Kier molecular flexibility index (Phi) is 25.7. The number of rotatable bonds is 14. The van der Waals surface area contributed by atoms with Gasteiger partial charge in [-0.1, -0.05) is 13.8 Å². The van der Waals surface area contributed by atoms with Crippen LogP contribution < -0.4 is 5.32 Å². The van der Waals surface area contributed by atoms with Gasteiger partial charge < -0.3 is 36.2 Å². The van der Waals surface area contributed by atoms with Gasteiger partial charge in [0.05, 0.1) is 39.6 Å². The molecule has 7 heteroatoms. The molecule has 1 radical (unpaired) electrons. The molecule has 0 amide bonds. The minimum atomic E-state index is 0. The van der Waals surface area contributed by atoms with Crippen molar-refractivity contribution in [3.05, 3.63) is 11.7 Å². The SMILES string of the molecule is CC(C)CNCCOCCOCCOCCN1CC[CH-]CC1.C[N-]C.[V+2]. The maximum Gasteiger partial charge on any atom is 2.00 e. The summed E-state index contributed by atoms with van der Waals surface area (Å²) < 4.78 is 16.6. The first kappa shape index (κ1) is 28.6. The largest absolute Gasteiger partial charge is 2.00 e. The van der Waals surface area contributed by atoms with E-state index in [-0.39, 0.29) is 18.6 Å². The molecule has 1 N–H and O–H groups in total. The fraction of sp³-hybridized carbons (Fsp3) is 0.947. The summed E-state index contributed by atoms with van der Waals surface area (Å²) in [4.78, 5) is 2.46. The molecule has 0 bridgehead atoms. The van der Waals surface area contributed by atoms with E-state index in [0.29, 0.717) is 32.3 Å². The van der Waals surface area contributed by atoms with Crippen molar-refractivity contribution in [2.75, 3.05) is 86.5 Å². The minimum Gasteiger partial charge on any atom is -0.668 e.